The first-order valence-electron chi connectivity index (χ1n) is 10.9. The standard InChI is InChI=1S/C20H35N7O6/c1-11(2)24-17(31)14(10-16(29)30)26-18(32)15-7-5-9-27(15)19(33)13(25-12(3)28)6-4-8-23-20(21)22/h11,13-15H,4-10H2,1-3H3,(H,24,31)(H,25,28)(H,26,32)(H,29,30)(H4,21,22,23)/t13-,14-,15-/m0/s1. The van der Waals surface area contributed by atoms with Crippen LogP contribution in [0.15, 0.2) is 4.99 Å². The first-order valence-corrected chi connectivity index (χ1v) is 10.9. The van der Waals surface area contributed by atoms with Crippen LogP contribution in [0.5, 0.6) is 0 Å². The third-order valence-corrected chi connectivity index (χ3v) is 4.90. The molecular formula is C20H35N7O6. The van der Waals surface area contributed by atoms with Crippen LogP contribution in [0.1, 0.15) is 52.9 Å². The van der Waals surface area contributed by atoms with Gasteiger partial charge in [-0.25, -0.2) is 0 Å². The Morgan fingerprint density at radius 3 is 2.30 bits per heavy atom. The van der Waals surface area contributed by atoms with Crippen molar-refractivity contribution in [3.05, 3.63) is 0 Å². The summed E-state index contributed by atoms with van der Waals surface area (Å²) in [5.74, 6) is -3.40. The molecule has 1 heterocycles. The number of nitrogens with zero attached hydrogens (tertiary/aromatic N) is 2. The van der Waals surface area contributed by atoms with Crippen LogP contribution in [0.2, 0.25) is 0 Å². The fraction of sp³-hybridized carbons (Fsp3) is 0.700. The van der Waals surface area contributed by atoms with E-state index in [2.05, 4.69) is 20.9 Å². The molecule has 186 valence electrons. The number of likely N-dealkylation sites (tertiary alicyclic amines) is 1. The minimum Gasteiger partial charge on any atom is -0.481 e. The zero-order chi connectivity index (χ0) is 25.1. The molecule has 0 aromatic heterocycles. The molecule has 1 rings (SSSR count). The van der Waals surface area contributed by atoms with Gasteiger partial charge in [0.15, 0.2) is 5.96 Å². The van der Waals surface area contributed by atoms with E-state index in [-0.39, 0.29) is 25.0 Å². The van der Waals surface area contributed by atoms with Gasteiger partial charge in [-0.3, -0.25) is 29.0 Å². The van der Waals surface area contributed by atoms with Crippen molar-refractivity contribution in [3.8, 4) is 0 Å². The number of carbonyl (C=O) groups excluding carboxylic acids is 4. The van der Waals surface area contributed by atoms with Gasteiger partial charge in [0.05, 0.1) is 6.42 Å². The van der Waals surface area contributed by atoms with Crippen LogP contribution in [0, 0.1) is 0 Å². The van der Waals surface area contributed by atoms with Crippen LogP contribution < -0.4 is 27.4 Å². The Balaban J connectivity index is 2.92. The molecule has 1 aliphatic rings. The summed E-state index contributed by atoms with van der Waals surface area (Å²) in [4.78, 5) is 66.4. The van der Waals surface area contributed by atoms with Crippen molar-refractivity contribution in [2.24, 2.45) is 16.5 Å². The first kappa shape index (κ1) is 27.7. The third kappa shape index (κ3) is 9.74. The van der Waals surface area contributed by atoms with Gasteiger partial charge in [-0.15, -0.1) is 0 Å². The minimum atomic E-state index is -1.28. The number of nitrogens with one attached hydrogen (secondary N) is 3. The fourth-order valence-electron chi connectivity index (χ4n) is 3.55. The van der Waals surface area contributed by atoms with Crippen molar-refractivity contribution in [3.63, 3.8) is 0 Å². The summed E-state index contributed by atoms with van der Waals surface area (Å²) in [6, 6.07) is -3.27. The molecule has 0 radical (unpaired) electrons. The molecular weight excluding hydrogens is 434 g/mol. The van der Waals surface area contributed by atoms with Gasteiger partial charge >= 0.3 is 5.97 Å². The summed E-state index contributed by atoms with van der Waals surface area (Å²) >= 11 is 0. The predicted molar refractivity (Wildman–Crippen MR) is 120 cm³/mol. The highest BCUT2D eigenvalue weighted by molar-refractivity contribution is 5.95. The number of hydrogen-bond acceptors (Lipinski definition) is 6. The molecule has 13 nitrogen and oxygen atoms in total. The molecule has 8 N–H and O–H groups in total. The number of amides is 4. The number of aliphatic imine (C=N–C) groups is 1. The lowest BCUT2D eigenvalue weighted by molar-refractivity contribution is -0.143. The molecule has 0 bridgehead atoms. The molecule has 0 aromatic rings. The van der Waals surface area contributed by atoms with Gasteiger partial charge < -0.3 is 37.4 Å². The smallest absolute Gasteiger partial charge is 0.305 e. The van der Waals surface area contributed by atoms with Gasteiger partial charge in [0, 0.05) is 26.1 Å². The van der Waals surface area contributed by atoms with Gasteiger partial charge in [0.1, 0.15) is 18.1 Å². The maximum atomic E-state index is 13.1. The van der Waals surface area contributed by atoms with Crippen molar-refractivity contribution in [1.82, 2.24) is 20.9 Å². The number of nitrogens with two attached hydrogens (primary N) is 2. The van der Waals surface area contributed by atoms with E-state index < -0.39 is 54.1 Å². The monoisotopic (exact) mass is 469 g/mol. The summed E-state index contributed by atoms with van der Waals surface area (Å²) in [6.07, 6.45) is 0.994. The van der Waals surface area contributed by atoms with Gasteiger partial charge in [-0.2, -0.15) is 0 Å². The Hall–Kier alpha value is -3.38. The second-order valence-corrected chi connectivity index (χ2v) is 8.21. The van der Waals surface area contributed by atoms with Crippen LogP contribution in [0.4, 0.5) is 0 Å². The zero-order valence-corrected chi connectivity index (χ0v) is 19.3. The topological polar surface area (TPSA) is 209 Å². The molecule has 0 aromatic carbocycles. The van der Waals surface area contributed by atoms with E-state index in [0.717, 1.165) is 0 Å². The van der Waals surface area contributed by atoms with Crippen LogP contribution in [-0.4, -0.2) is 82.8 Å². The molecule has 0 spiro atoms. The zero-order valence-electron chi connectivity index (χ0n) is 19.3. The Kier molecular flexibility index (Phi) is 11.1. The largest absolute Gasteiger partial charge is 0.481 e. The number of guanidine groups is 1. The molecule has 13 heteroatoms. The molecule has 0 unspecified atom stereocenters. The second-order valence-electron chi connectivity index (χ2n) is 8.21. The van der Waals surface area contributed by atoms with E-state index in [9.17, 15) is 24.0 Å². The number of aliphatic carboxylic acids is 1. The van der Waals surface area contributed by atoms with Crippen LogP contribution >= 0.6 is 0 Å². The van der Waals surface area contributed by atoms with E-state index in [1.165, 1.54) is 11.8 Å². The summed E-state index contributed by atoms with van der Waals surface area (Å²) in [6.45, 7) is 5.28. The van der Waals surface area contributed by atoms with Crippen LogP contribution in [0.25, 0.3) is 0 Å². The van der Waals surface area contributed by atoms with Gasteiger partial charge in [-0.1, -0.05) is 0 Å². The third-order valence-electron chi connectivity index (χ3n) is 4.90. The average Bonchev–Trinajstić information content (AvgIpc) is 3.17. The van der Waals surface area contributed by atoms with Crippen molar-refractivity contribution in [2.45, 2.75) is 77.0 Å². The number of carboxylic acids is 1. The number of rotatable bonds is 12. The number of hydrogen-bond donors (Lipinski definition) is 6. The molecule has 4 amide bonds. The predicted octanol–water partition coefficient (Wildman–Crippen LogP) is -1.98. The Labute approximate surface area is 192 Å². The summed E-state index contributed by atoms with van der Waals surface area (Å²) in [5.41, 5.74) is 10.6. The minimum absolute atomic E-state index is 0.0777. The van der Waals surface area contributed by atoms with Crippen molar-refractivity contribution in [1.29, 1.82) is 0 Å². The Bertz CT molecular complexity index is 766. The normalized spacial score (nSPS) is 17.1. The Morgan fingerprint density at radius 1 is 1.09 bits per heavy atom. The second kappa shape index (κ2) is 13.2. The highest BCUT2D eigenvalue weighted by Crippen LogP contribution is 2.20. The maximum Gasteiger partial charge on any atom is 0.305 e. The van der Waals surface area contributed by atoms with Crippen molar-refractivity contribution in [2.75, 3.05) is 13.1 Å². The lowest BCUT2D eigenvalue weighted by atomic mass is 10.1. The van der Waals surface area contributed by atoms with Gasteiger partial charge in [0.2, 0.25) is 23.6 Å². The molecule has 1 saturated heterocycles. The van der Waals surface area contributed by atoms with E-state index >= 15 is 0 Å². The first-order chi connectivity index (χ1) is 15.4. The van der Waals surface area contributed by atoms with Crippen molar-refractivity contribution >= 4 is 35.6 Å². The fourth-order valence-corrected chi connectivity index (χ4v) is 3.55. The molecule has 1 aliphatic heterocycles. The van der Waals surface area contributed by atoms with Gasteiger partial charge in [-0.05, 0) is 39.5 Å². The lowest BCUT2D eigenvalue weighted by Crippen LogP contribution is -2.56. The summed E-state index contributed by atoms with van der Waals surface area (Å²) in [5, 5.41) is 16.8. The summed E-state index contributed by atoms with van der Waals surface area (Å²) < 4.78 is 0. The molecule has 33 heavy (non-hydrogen) atoms. The quantitative estimate of drug-likeness (QED) is 0.107. The molecule has 1 fully saturated rings. The molecule has 0 saturated carbocycles. The summed E-state index contributed by atoms with van der Waals surface area (Å²) in [7, 11) is 0. The number of carbonyl (C=O) groups is 5. The highest BCUT2D eigenvalue weighted by Gasteiger charge is 2.38. The van der Waals surface area contributed by atoms with Crippen LogP contribution in [0.3, 0.4) is 0 Å². The van der Waals surface area contributed by atoms with E-state index in [4.69, 9.17) is 16.6 Å². The number of carboxylic acid groups (broad SMARTS) is 1. The SMILES string of the molecule is CC(=O)N[C@@H](CCCN=C(N)N)C(=O)N1CCC[C@H]1C(=O)N[C@@H](CC(=O)O)C(=O)NC(C)C. The van der Waals surface area contributed by atoms with E-state index in [1.807, 2.05) is 0 Å². The lowest BCUT2D eigenvalue weighted by Gasteiger charge is -2.29. The molecule has 0 aliphatic carbocycles. The maximum absolute atomic E-state index is 13.1. The molecule has 3 atom stereocenters. The van der Waals surface area contributed by atoms with Crippen molar-refractivity contribution < 1.29 is 29.1 Å². The van der Waals surface area contributed by atoms with Gasteiger partial charge in [0.25, 0.3) is 0 Å². The van der Waals surface area contributed by atoms with E-state index in [0.29, 0.717) is 25.8 Å². The highest BCUT2D eigenvalue weighted by atomic mass is 16.4. The van der Waals surface area contributed by atoms with E-state index in [1.54, 1.807) is 13.8 Å². The van der Waals surface area contributed by atoms with Crippen LogP contribution in [-0.2, 0) is 24.0 Å². The Morgan fingerprint density at radius 2 is 1.76 bits per heavy atom. The average molecular weight is 470 g/mol.